The van der Waals surface area contributed by atoms with Crippen LogP contribution in [0.3, 0.4) is 0 Å². The summed E-state index contributed by atoms with van der Waals surface area (Å²) in [5.41, 5.74) is -0.338. The van der Waals surface area contributed by atoms with Gasteiger partial charge in [0.05, 0.1) is 11.5 Å². The van der Waals surface area contributed by atoms with E-state index in [0.717, 1.165) is 24.3 Å². The van der Waals surface area contributed by atoms with Crippen LogP contribution >= 0.6 is 0 Å². The Morgan fingerprint density at radius 3 is 2.11 bits per heavy atom. The number of carbonyl (C=O) groups excluding carboxylic acids is 4. The van der Waals surface area contributed by atoms with Gasteiger partial charge in [-0.2, -0.15) is 13.2 Å². The third-order valence-corrected chi connectivity index (χ3v) is 5.61. The van der Waals surface area contributed by atoms with Crippen molar-refractivity contribution < 1.29 is 37.1 Å². The predicted octanol–water partition coefficient (Wildman–Crippen LogP) is 3.30. The molecule has 35 heavy (non-hydrogen) atoms. The van der Waals surface area contributed by atoms with Crippen LogP contribution in [-0.2, 0) is 20.5 Å². The molecule has 0 radical (unpaired) electrons. The summed E-state index contributed by atoms with van der Waals surface area (Å²) in [5, 5.41) is 4.35. The smallest absolute Gasteiger partial charge is 0.416 e. The van der Waals surface area contributed by atoms with E-state index in [4.69, 9.17) is 4.74 Å². The fraction of sp³-hybridized carbons (Fsp3) is 0.333. The highest BCUT2D eigenvalue weighted by Gasteiger charge is 2.34. The van der Waals surface area contributed by atoms with Crippen LogP contribution in [0, 0.1) is 5.92 Å². The summed E-state index contributed by atoms with van der Waals surface area (Å²) in [5.74, 6) is -2.48. The Kier molecular flexibility index (Phi) is 8.10. The molecule has 1 unspecified atom stereocenters. The standard InChI is InChI=1S/C24H24F3N3O5/c1-28-23(34)29-20(31)19(15-5-3-2-4-6-15)35-22(33)17-11-13-30(14-12-17)21(32)16-7-9-18(10-8-16)24(25,26)27/h2-10,17,19H,11-14H2,1H3,(H2,28,29,31,34). The SMILES string of the molecule is CNC(=O)NC(=O)C(OC(=O)C1CCN(C(=O)c2ccc(C(F)(F)F)cc2)CC1)c1ccccc1. The molecule has 1 saturated heterocycles. The Hall–Kier alpha value is -3.89. The molecule has 1 fully saturated rings. The number of ether oxygens (including phenoxy) is 1. The Balaban J connectivity index is 1.61. The van der Waals surface area contributed by atoms with Gasteiger partial charge in [0, 0.05) is 31.3 Å². The average molecular weight is 491 g/mol. The van der Waals surface area contributed by atoms with Crippen molar-refractivity contribution in [3.63, 3.8) is 0 Å². The lowest BCUT2D eigenvalue weighted by atomic mass is 9.96. The molecule has 11 heteroatoms. The number of imide groups is 1. The number of hydrogen-bond donors (Lipinski definition) is 2. The quantitative estimate of drug-likeness (QED) is 0.625. The lowest BCUT2D eigenvalue weighted by Crippen LogP contribution is -2.43. The Morgan fingerprint density at radius 1 is 0.971 bits per heavy atom. The van der Waals surface area contributed by atoms with Gasteiger partial charge in [0.25, 0.3) is 11.8 Å². The topological polar surface area (TPSA) is 105 Å². The molecule has 4 amide bonds. The molecule has 2 aromatic rings. The number of likely N-dealkylation sites (tertiary alicyclic amines) is 1. The maximum absolute atomic E-state index is 12.8. The number of nitrogens with zero attached hydrogens (tertiary/aromatic N) is 1. The van der Waals surface area contributed by atoms with Gasteiger partial charge in [-0.25, -0.2) is 4.79 Å². The van der Waals surface area contributed by atoms with Gasteiger partial charge < -0.3 is 15.0 Å². The molecule has 1 aliphatic rings. The number of nitrogens with one attached hydrogen (secondary N) is 2. The molecule has 3 rings (SSSR count). The van der Waals surface area contributed by atoms with Crippen molar-refractivity contribution in [1.82, 2.24) is 15.5 Å². The molecular formula is C24H24F3N3O5. The van der Waals surface area contributed by atoms with E-state index in [-0.39, 0.29) is 31.5 Å². The van der Waals surface area contributed by atoms with Gasteiger partial charge in [0.1, 0.15) is 0 Å². The van der Waals surface area contributed by atoms with Crippen LogP contribution in [0.25, 0.3) is 0 Å². The van der Waals surface area contributed by atoms with Gasteiger partial charge in [0.15, 0.2) is 0 Å². The number of urea groups is 1. The van der Waals surface area contributed by atoms with E-state index in [1.54, 1.807) is 30.3 Å². The number of halogens is 3. The number of hydrogen-bond acceptors (Lipinski definition) is 5. The zero-order valence-electron chi connectivity index (χ0n) is 18.8. The molecule has 186 valence electrons. The molecular weight excluding hydrogens is 467 g/mol. The van der Waals surface area contributed by atoms with Gasteiger partial charge in [-0.05, 0) is 37.1 Å². The number of esters is 1. The summed E-state index contributed by atoms with van der Waals surface area (Å²) in [6.45, 7) is 0.389. The van der Waals surface area contributed by atoms with E-state index in [1.165, 1.54) is 11.9 Å². The first-order chi connectivity index (χ1) is 16.6. The summed E-state index contributed by atoms with van der Waals surface area (Å²) in [7, 11) is 1.34. The minimum Gasteiger partial charge on any atom is -0.447 e. The summed E-state index contributed by atoms with van der Waals surface area (Å²) >= 11 is 0. The number of rotatable bonds is 5. The molecule has 2 N–H and O–H groups in total. The first kappa shape index (κ1) is 25.7. The average Bonchev–Trinajstić information content (AvgIpc) is 2.86. The maximum Gasteiger partial charge on any atom is 0.416 e. The molecule has 1 atom stereocenters. The number of piperidine rings is 1. The summed E-state index contributed by atoms with van der Waals surface area (Å²) < 4.78 is 43.7. The minimum absolute atomic E-state index is 0.119. The van der Waals surface area contributed by atoms with Gasteiger partial charge in [0.2, 0.25) is 6.10 Å². The van der Waals surface area contributed by atoms with Crippen molar-refractivity contribution in [2.24, 2.45) is 5.92 Å². The number of benzene rings is 2. The molecule has 0 spiro atoms. The van der Waals surface area contributed by atoms with E-state index in [1.807, 2.05) is 0 Å². The van der Waals surface area contributed by atoms with Crippen molar-refractivity contribution in [3.05, 3.63) is 71.3 Å². The van der Waals surface area contributed by atoms with Crippen molar-refractivity contribution >= 4 is 23.8 Å². The first-order valence-electron chi connectivity index (χ1n) is 10.8. The van der Waals surface area contributed by atoms with Crippen LogP contribution in [0.2, 0.25) is 0 Å². The van der Waals surface area contributed by atoms with Crippen LogP contribution < -0.4 is 10.6 Å². The van der Waals surface area contributed by atoms with Crippen LogP contribution in [0.1, 0.15) is 40.4 Å². The van der Waals surface area contributed by atoms with Gasteiger partial charge in [-0.15, -0.1) is 0 Å². The normalized spacial score (nSPS) is 15.1. The highest BCUT2D eigenvalue weighted by Crippen LogP contribution is 2.30. The van der Waals surface area contributed by atoms with Crippen LogP contribution in [-0.4, -0.2) is 48.9 Å². The zero-order valence-corrected chi connectivity index (χ0v) is 18.8. The zero-order chi connectivity index (χ0) is 25.6. The number of carbonyl (C=O) groups is 4. The molecule has 0 bridgehead atoms. The van der Waals surface area contributed by atoms with Gasteiger partial charge in [-0.3, -0.25) is 19.7 Å². The third-order valence-electron chi connectivity index (χ3n) is 5.61. The van der Waals surface area contributed by atoms with E-state index in [9.17, 15) is 32.3 Å². The Bertz CT molecular complexity index is 1070. The monoisotopic (exact) mass is 491 g/mol. The largest absolute Gasteiger partial charge is 0.447 e. The van der Waals surface area contributed by atoms with Gasteiger partial charge in [-0.1, -0.05) is 30.3 Å². The van der Waals surface area contributed by atoms with Gasteiger partial charge >= 0.3 is 18.2 Å². The lowest BCUT2D eigenvalue weighted by Gasteiger charge is -2.31. The lowest BCUT2D eigenvalue weighted by molar-refractivity contribution is -0.161. The van der Waals surface area contributed by atoms with Crippen molar-refractivity contribution in [2.45, 2.75) is 25.1 Å². The molecule has 0 aliphatic carbocycles. The number of amides is 4. The first-order valence-corrected chi connectivity index (χ1v) is 10.8. The van der Waals surface area contributed by atoms with Crippen LogP contribution in [0.15, 0.2) is 54.6 Å². The molecule has 1 heterocycles. The molecule has 0 saturated carbocycles. The fourth-order valence-corrected chi connectivity index (χ4v) is 3.66. The fourth-order valence-electron chi connectivity index (χ4n) is 3.66. The minimum atomic E-state index is -4.49. The molecule has 0 aromatic heterocycles. The molecule has 1 aliphatic heterocycles. The third kappa shape index (κ3) is 6.58. The molecule has 2 aromatic carbocycles. The van der Waals surface area contributed by atoms with Crippen molar-refractivity contribution in [3.8, 4) is 0 Å². The second kappa shape index (κ2) is 11.0. The molecule has 8 nitrogen and oxygen atoms in total. The Morgan fingerprint density at radius 2 is 1.57 bits per heavy atom. The van der Waals surface area contributed by atoms with Crippen molar-refractivity contribution in [2.75, 3.05) is 20.1 Å². The van der Waals surface area contributed by atoms with Crippen molar-refractivity contribution in [1.29, 1.82) is 0 Å². The predicted molar refractivity (Wildman–Crippen MR) is 118 cm³/mol. The Labute approximate surface area is 199 Å². The van der Waals surface area contributed by atoms with E-state index in [2.05, 4.69) is 10.6 Å². The highest BCUT2D eigenvalue weighted by atomic mass is 19.4. The highest BCUT2D eigenvalue weighted by molar-refractivity contribution is 5.98. The number of alkyl halides is 3. The summed E-state index contributed by atoms with van der Waals surface area (Å²) in [6, 6.07) is 11.4. The van der Waals surface area contributed by atoms with Crippen LogP contribution in [0.5, 0.6) is 0 Å². The van der Waals surface area contributed by atoms with E-state index < -0.39 is 47.6 Å². The van der Waals surface area contributed by atoms with E-state index in [0.29, 0.717) is 5.56 Å². The second-order valence-corrected chi connectivity index (χ2v) is 7.94. The summed E-state index contributed by atoms with van der Waals surface area (Å²) in [6.07, 6.45) is -5.32. The maximum atomic E-state index is 12.8. The van der Waals surface area contributed by atoms with Crippen LogP contribution in [0.4, 0.5) is 18.0 Å². The van der Waals surface area contributed by atoms with E-state index >= 15 is 0 Å². The second-order valence-electron chi connectivity index (χ2n) is 7.94. The summed E-state index contributed by atoms with van der Waals surface area (Å²) in [4.78, 5) is 51.0.